The van der Waals surface area contributed by atoms with Crippen molar-refractivity contribution in [2.75, 3.05) is 4.31 Å². The van der Waals surface area contributed by atoms with E-state index in [9.17, 15) is 21.4 Å². The van der Waals surface area contributed by atoms with Gasteiger partial charge in [0.25, 0.3) is 0 Å². The van der Waals surface area contributed by atoms with Crippen LogP contribution in [0.25, 0.3) is 10.8 Å². The molecule has 12 heteroatoms. The van der Waals surface area contributed by atoms with Crippen LogP contribution in [0.4, 0.5) is 5.69 Å². The number of fused-ring (bicyclic) bond motifs is 1. The van der Waals surface area contributed by atoms with Gasteiger partial charge in [-0.3, -0.25) is 9.11 Å². The molecule has 0 aromatic heterocycles. The summed E-state index contributed by atoms with van der Waals surface area (Å²) in [7, 11) is -9.69. The number of benzene rings is 2. The zero-order valence-corrected chi connectivity index (χ0v) is 13.2. The van der Waals surface area contributed by atoms with E-state index in [0.717, 1.165) is 5.39 Å². The molecule has 0 saturated heterocycles. The van der Waals surface area contributed by atoms with Gasteiger partial charge in [-0.25, -0.2) is 4.72 Å². The van der Waals surface area contributed by atoms with E-state index in [2.05, 4.69) is 12.2 Å². The van der Waals surface area contributed by atoms with Crippen LogP contribution >= 0.6 is 12.2 Å². The second-order valence-electron chi connectivity index (χ2n) is 4.16. The maximum absolute atomic E-state index is 11.5. The average Bonchev–Trinajstić information content (AvgIpc) is 2.34. The van der Waals surface area contributed by atoms with Crippen LogP contribution in [-0.4, -0.2) is 60.6 Å². The van der Waals surface area contributed by atoms with Crippen LogP contribution in [0.2, 0.25) is 0 Å². The molecular formula is C11H11N2NaO6S3. The van der Waals surface area contributed by atoms with Crippen LogP contribution < -0.4 is 9.03 Å². The topological polar surface area (TPSA) is 124 Å². The Kier molecular flexibility index (Phi) is 6.52. The molecule has 2 aromatic rings. The molecule has 0 unspecified atom stereocenters. The second kappa shape index (κ2) is 7.40. The molecular weight excluding hydrogens is 375 g/mol. The van der Waals surface area contributed by atoms with E-state index in [1.165, 1.54) is 16.9 Å². The van der Waals surface area contributed by atoms with Crippen LogP contribution in [-0.2, 0) is 20.6 Å². The molecule has 0 fully saturated rings. The van der Waals surface area contributed by atoms with E-state index >= 15 is 0 Å². The van der Waals surface area contributed by atoms with E-state index < -0.39 is 25.7 Å². The summed E-state index contributed by atoms with van der Waals surface area (Å²) in [5, 5.41) is 0.527. The Balaban J connectivity index is 0.00000264. The fourth-order valence-electron chi connectivity index (χ4n) is 1.81. The Morgan fingerprint density at radius 1 is 1.00 bits per heavy atom. The normalized spacial score (nSPS) is 11.6. The Morgan fingerprint density at radius 2 is 1.57 bits per heavy atom. The van der Waals surface area contributed by atoms with Crippen LogP contribution in [0.5, 0.6) is 0 Å². The number of nitrogens with zero attached hydrogens (tertiary/aromatic N) is 1. The van der Waals surface area contributed by atoms with Crippen molar-refractivity contribution in [2.24, 2.45) is 0 Å². The third kappa shape index (κ3) is 5.36. The molecule has 0 aliphatic heterocycles. The summed E-state index contributed by atoms with van der Waals surface area (Å²) in [6.45, 7) is 0. The number of anilines is 1. The number of hydrogen-bond acceptors (Lipinski definition) is 5. The molecule has 2 rings (SSSR count). The van der Waals surface area contributed by atoms with Crippen molar-refractivity contribution in [1.29, 1.82) is 0 Å². The minimum atomic E-state index is -4.90. The Morgan fingerprint density at radius 3 is 2.09 bits per heavy atom. The molecule has 8 nitrogen and oxygen atoms in total. The zero-order valence-electron chi connectivity index (χ0n) is 10.7. The van der Waals surface area contributed by atoms with Crippen LogP contribution in [0, 0.1) is 0 Å². The molecule has 0 atom stereocenters. The quantitative estimate of drug-likeness (QED) is 0.398. The van der Waals surface area contributed by atoms with Gasteiger partial charge in [0, 0.05) is 0 Å². The predicted octanol–water partition coefficient (Wildman–Crippen LogP) is 0.478. The number of hydrogen-bond donors (Lipinski definition) is 3. The first-order chi connectivity index (χ1) is 10.1. The van der Waals surface area contributed by atoms with Gasteiger partial charge in [-0.05, 0) is 35.1 Å². The van der Waals surface area contributed by atoms with E-state index in [1.807, 2.05) is 0 Å². The Bertz CT molecular complexity index is 945. The monoisotopic (exact) mass is 386 g/mol. The molecule has 0 heterocycles. The first-order valence-corrected chi connectivity index (χ1v) is 8.88. The summed E-state index contributed by atoms with van der Waals surface area (Å²) in [6.07, 6.45) is 0. The third-order valence-corrected chi connectivity index (χ3v) is 4.43. The van der Waals surface area contributed by atoms with Gasteiger partial charge >= 0.3 is 50.2 Å². The van der Waals surface area contributed by atoms with Gasteiger partial charge in [-0.2, -0.15) is 21.1 Å². The van der Waals surface area contributed by atoms with Crippen LogP contribution in [0.1, 0.15) is 0 Å². The summed E-state index contributed by atoms with van der Waals surface area (Å²) in [5.41, 5.74) is -0.0950. The van der Waals surface area contributed by atoms with Crippen molar-refractivity contribution < 1.29 is 25.9 Å². The van der Waals surface area contributed by atoms with Crippen molar-refractivity contribution in [2.45, 2.75) is 0 Å². The van der Waals surface area contributed by atoms with Gasteiger partial charge < -0.3 is 0 Å². The number of nitrogens with one attached hydrogen (secondary N) is 1. The van der Waals surface area contributed by atoms with Crippen molar-refractivity contribution >= 4 is 84.0 Å². The molecule has 0 bridgehead atoms. The van der Waals surface area contributed by atoms with Gasteiger partial charge in [-0.15, -0.1) is 0 Å². The van der Waals surface area contributed by atoms with Crippen molar-refractivity contribution in [3.05, 3.63) is 42.5 Å². The third-order valence-electron chi connectivity index (χ3n) is 2.60. The van der Waals surface area contributed by atoms with E-state index in [-0.39, 0.29) is 39.5 Å². The molecule has 0 aliphatic carbocycles. The number of thiocarbonyl (C=S) groups is 1. The Labute approximate surface area is 160 Å². The van der Waals surface area contributed by atoms with Gasteiger partial charge in [-0.1, -0.05) is 30.3 Å². The Hall–Kier alpha value is -0.790. The first kappa shape index (κ1) is 20.3. The summed E-state index contributed by atoms with van der Waals surface area (Å²) in [4.78, 5) is 0. The maximum atomic E-state index is 11.5. The molecule has 0 amide bonds. The molecule has 3 N–H and O–H groups in total. The standard InChI is InChI=1S/C11H10N2O6S3.Na.H/c14-21(15,16)12-11(20)13(22(17,18)19)10-6-5-8-3-1-2-4-9(8)7-10;;/h1-7H,(H,12,20)(H,14,15,16)(H,17,18,19);;. The van der Waals surface area contributed by atoms with Crippen LogP contribution in [0.15, 0.2) is 42.5 Å². The van der Waals surface area contributed by atoms with Crippen molar-refractivity contribution in [3.8, 4) is 0 Å². The fraction of sp³-hybridized carbons (Fsp3) is 0. The van der Waals surface area contributed by atoms with Crippen molar-refractivity contribution in [1.82, 2.24) is 4.72 Å². The summed E-state index contributed by atoms with van der Waals surface area (Å²) in [6, 6.07) is 11.3. The fourth-order valence-corrected chi connectivity index (χ4v) is 3.52. The molecule has 0 saturated carbocycles. The van der Waals surface area contributed by atoms with Crippen LogP contribution in [0.3, 0.4) is 0 Å². The summed E-state index contributed by atoms with van der Waals surface area (Å²) in [5.74, 6) is 0. The molecule has 2 aromatic carbocycles. The SMILES string of the molecule is O=S(=O)(O)NC(=S)N(c1ccc2ccccc2c1)S(=O)(=O)O.[NaH]. The van der Waals surface area contributed by atoms with E-state index in [4.69, 9.17) is 4.55 Å². The molecule has 0 spiro atoms. The van der Waals surface area contributed by atoms with Gasteiger partial charge in [0.1, 0.15) is 0 Å². The van der Waals surface area contributed by atoms with Gasteiger partial charge in [0.15, 0.2) is 0 Å². The van der Waals surface area contributed by atoms with Gasteiger partial charge in [0.05, 0.1) is 5.69 Å². The predicted molar refractivity (Wildman–Crippen MR) is 92.4 cm³/mol. The minimum absolute atomic E-state index is 0. The second-order valence-corrected chi connectivity index (χ2v) is 6.96. The molecule has 0 aliphatic rings. The molecule has 120 valence electrons. The number of rotatable bonds is 3. The van der Waals surface area contributed by atoms with E-state index in [1.54, 1.807) is 30.3 Å². The summed E-state index contributed by atoms with van der Waals surface area (Å²) >= 11 is 4.61. The first-order valence-electron chi connectivity index (χ1n) is 5.64. The summed E-state index contributed by atoms with van der Waals surface area (Å²) < 4.78 is 64.0. The average molecular weight is 386 g/mol. The van der Waals surface area contributed by atoms with Crippen molar-refractivity contribution in [3.63, 3.8) is 0 Å². The zero-order chi connectivity index (χ0) is 16.5. The molecule has 0 radical (unpaired) electrons. The molecule has 23 heavy (non-hydrogen) atoms. The van der Waals surface area contributed by atoms with E-state index in [0.29, 0.717) is 5.39 Å². The van der Waals surface area contributed by atoms with Gasteiger partial charge in [0.2, 0.25) is 5.11 Å².